The van der Waals surface area contributed by atoms with E-state index >= 15 is 0 Å². The lowest BCUT2D eigenvalue weighted by molar-refractivity contribution is 0.296. The molecule has 21 heavy (non-hydrogen) atoms. The number of hydrogen-bond acceptors (Lipinski definition) is 2. The molecule has 2 rings (SSSR count). The molecule has 0 amide bonds. The number of rotatable bonds is 6. The molecule has 0 aromatic heterocycles. The highest BCUT2D eigenvalue weighted by atomic mass is 79.9. The lowest BCUT2D eigenvalue weighted by atomic mass is 10.1. The molecule has 5 heteroatoms. The predicted molar refractivity (Wildman–Crippen MR) is 87.3 cm³/mol. The summed E-state index contributed by atoms with van der Waals surface area (Å²) in [5.74, 6) is 0.370. The van der Waals surface area contributed by atoms with Gasteiger partial charge in [-0.1, -0.05) is 33.6 Å². The molecule has 2 N–H and O–H groups in total. The summed E-state index contributed by atoms with van der Waals surface area (Å²) < 4.78 is 20.5. The van der Waals surface area contributed by atoms with E-state index in [4.69, 9.17) is 22.1 Å². The van der Waals surface area contributed by atoms with Crippen molar-refractivity contribution < 1.29 is 9.13 Å². The summed E-state index contributed by atoms with van der Waals surface area (Å²) >= 11 is 9.44. The van der Waals surface area contributed by atoms with Crippen molar-refractivity contribution in [2.45, 2.75) is 19.4 Å². The van der Waals surface area contributed by atoms with E-state index in [1.807, 2.05) is 18.2 Å². The second kappa shape index (κ2) is 7.78. The number of benzene rings is 2. The molecule has 2 nitrogen and oxygen atoms in total. The van der Waals surface area contributed by atoms with Gasteiger partial charge >= 0.3 is 0 Å². The van der Waals surface area contributed by atoms with E-state index in [1.54, 1.807) is 12.1 Å². The summed E-state index contributed by atoms with van der Waals surface area (Å²) in [4.78, 5) is 0. The second-order valence-electron chi connectivity index (χ2n) is 4.63. The van der Waals surface area contributed by atoms with Crippen LogP contribution in [0.15, 0.2) is 40.9 Å². The highest BCUT2D eigenvalue weighted by molar-refractivity contribution is 9.10. The van der Waals surface area contributed by atoms with Crippen LogP contribution < -0.4 is 10.5 Å². The zero-order chi connectivity index (χ0) is 15.2. The second-order valence-corrected chi connectivity index (χ2v) is 5.96. The van der Waals surface area contributed by atoms with Crippen molar-refractivity contribution in [3.8, 4) is 5.75 Å². The molecule has 0 unspecified atom stereocenters. The fraction of sp³-hybridized carbons (Fsp3) is 0.250. The fourth-order valence-electron chi connectivity index (χ4n) is 2.00. The summed E-state index contributed by atoms with van der Waals surface area (Å²) in [6.45, 7) is 0.716. The lowest BCUT2D eigenvalue weighted by Crippen LogP contribution is -2.04. The van der Waals surface area contributed by atoms with Gasteiger partial charge in [0.05, 0.1) is 5.02 Å². The molecule has 0 heterocycles. The van der Waals surface area contributed by atoms with Crippen LogP contribution in [0.3, 0.4) is 0 Å². The normalized spacial score (nSPS) is 10.7. The number of hydrogen-bond donors (Lipinski definition) is 1. The van der Waals surface area contributed by atoms with Gasteiger partial charge in [-0.3, -0.25) is 0 Å². The molecule has 0 aliphatic heterocycles. The summed E-state index contributed by atoms with van der Waals surface area (Å²) in [5, 5.41) is 0.371. The zero-order valence-corrected chi connectivity index (χ0v) is 13.8. The molecule has 0 spiro atoms. The highest BCUT2D eigenvalue weighted by Crippen LogP contribution is 2.27. The molecule has 0 saturated heterocycles. The van der Waals surface area contributed by atoms with Crippen molar-refractivity contribution in [3.05, 3.63) is 62.8 Å². The van der Waals surface area contributed by atoms with Crippen molar-refractivity contribution in [3.63, 3.8) is 0 Å². The molecular formula is C16H16BrClFNO. The van der Waals surface area contributed by atoms with Crippen LogP contribution in [0.5, 0.6) is 5.75 Å². The van der Waals surface area contributed by atoms with Gasteiger partial charge < -0.3 is 10.5 Å². The molecule has 112 valence electrons. The first-order valence-corrected chi connectivity index (χ1v) is 7.83. The predicted octanol–water partition coefficient (Wildman–Crippen LogP) is 4.71. The van der Waals surface area contributed by atoms with Crippen LogP contribution in [0.2, 0.25) is 5.02 Å². The average molecular weight is 373 g/mol. The van der Waals surface area contributed by atoms with Crippen molar-refractivity contribution in [2.75, 3.05) is 6.54 Å². The summed E-state index contributed by atoms with van der Waals surface area (Å²) in [6, 6.07) is 10.4. The van der Waals surface area contributed by atoms with E-state index in [0.717, 1.165) is 28.6 Å². The quantitative estimate of drug-likeness (QED) is 0.797. The van der Waals surface area contributed by atoms with E-state index in [9.17, 15) is 4.39 Å². The van der Waals surface area contributed by atoms with Gasteiger partial charge in [-0.15, -0.1) is 0 Å². The number of nitrogens with two attached hydrogens (primary N) is 1. The van der Waals surface area contributed by atoms with Crippen LogP contribution >= 0.6 is 27.5 Å². The molecule has 0 aliphatic carbocycles. The Kier molecular flexibility index (Phi) is 6.03. The van der Waals surface area contributed by atoms with Crippen molar-refractivity contribution in [1.29, 1.82) is 0 Å². The highest BCUT2D eigenvalue weighted by Gasteiger charge is 2.10. The van der Waals surface area contributed by atoms with Crippen LogP contribution in [0.1, 0.15) is 17.5 Å². The molecule has 0 aliphatic rings. The molecule has 2 aromatic carbocycles. The third-order valence-electron chi connectivity index (χ3n) is 3.11. The topological polar surface area (TPSA) is 35.2 Å². The summed E-state index contributed by atoms with van der Waals surface area (Å²) in [5.41, 5.74) is 6.96. The Hall–Kier alpha value is -1.10. The standard InChI is InChI=1S/C16H16BrClFNO/c17-12-6-7-16(11(9-12)3-2-8-20)21-10-13-14(18)4-1-5-15(13)19/h1,4-7,9H,2-3,8,10,20H2. The first-order valence-electron chi connectivity index (χ1n) is 6.66. The van der Waals surface area contributed by atoms with Crippen LogP contribution in [-0.4, -0.2) is 6.54 Å². The number of ether oxygens (including phenoxy) is 1. The van der Waals surface area contributed by atoms with Gasteiger partial charge in [0.2, 0.25) is 0 Å². The van der Waals surface area contributed by atoms with Gasteiger partial charge in [0.15, 0.2) is 0 Å². The third kappa shape index (κ3) is 4.43. The summed E-state index contributed by atoms with van der Waals surface area (Å²) in [6.07, 6.45) is 1.68. The first-order chi connectivity index (χ1) is 10.1. The lowest BCUT2D eigenvalue weighted by Gasteiger charge is -2.13. The van der Waals surface area contributed by atoms with Gasteiger partial charge in [-0.05, 0) is 55.3 Å². The van der Waals surface area contributed by atoms with Crippen molar-refractivity contribution in [1.82, 2.24) is 0 Å². The van der Waals surface area contributed by atoms with E-state index in [-0.39, 0.29) is 12.4 Å². The largest absolute Gasteiger partial charge is 0.488 e. The Morgan fingerprint density at radius 1 is 1.24 bits per heavy atom. The molecule has 2 aromatic rings. The fourth-order valence-corrected chi connectivity index (χ4v) is 2.62. The van der Waals surface area contributed by atoms with Crippen LogP contribution in [-0.2, 0) is 13.0 Å². The van der Waals surface area contributed by atoms with Crippen LogP contribution in [0, 0.1) is 5.82 Å². The molecule has 0 atom stereocenters. The maximum absolute atomic E-state index is 13.7. The van der Waals surface area contributed by atoms with Gasteiger partial charge in [0.25, 0.3) is 0 Å². The molecule has 0 radical (unpaired) electrons. The maximum Gasteiger partial charge on any atom is 0.131 e. The SMILES string of the molecule is NCCCc1cc(Br)ccc1OCc1c(F)cccc1Cl. The van der Waals surface area contributed by atoms with E-state index in [2.05, 4.69) is 15.9 Å². The van der Waals surface area contributed by atoms with Gasteiger partial charge in [0.1, 0.15) is 18.2 Å². The minimum Gasteiger partial charge on any atom is -0.488 e. The Morgan fingerprint density at radius 2 is 2.05 bits per heavy atom. The average Bonchev–Trinajstić information content (AvgIpc) is 2.46. The van der Waals surface area contributed by atoms with E-state index in [0.29, 0.717) is 17.1 Å². The first kappa shape index (κ1) is 16.3. The van der Waals surface area contributed by atoms with Crippen molar-refractivity contribution in [2.24, 2.45) is 5.73 Å². The molecule has 0 saturated carbocycles. The minimum absolute atomic E-state index is 0.1000. The van der Waals surface area contributed by atoms with Crippen LogP contribution in [0.25, 0.3) is 0 Å². The van der Waals surface area contributed by atoms with Gasteiger partial charge in [-0.2, -0.15) is 0 Å². The van der Waals surface area contributed by atoms with E-state index < -0.39 is 0 Å². The third-order valence-corrected chi connectivity index (χ3v) is 3.95. The Labute approximate surface area is 137 Å². The Morgan fingerprint density at radius 3 is 2.76 bits per heavy atom. The summed E-state index contributed by atoms with van der Waals surface area (Å²) in [7, 11) is 0. The maximum atomic E-state index is 13.7. The van der Waals surface area contributed by atoms with Gasteiger partial charge in [-0.25, -0.2) is 4.39 Å². The van der Waals surface area contributed by atoms with E-state index in [1.165, 1.54) is 6.07 Å². The Bertz CT molecular complexity index is 601. The molecule has 0 bridgehead atoms. The van der Waals surface area contributed by atoms with Crippen LogP contribution in [0.4, 0.5) is 4.39 Å². The minimum atomic E-state index is -0.358. The zero-order valence-electron chi connectivity index (χ0n) is 11.4. The Balaban J connectivity index is 2.16. The molecular weight excluding hydrogens is 357 g/mol. The smallest absolute Gasteiger partial charge is 0.131 e. The van der Waals surface area contributed by atoms with Gasteiger partial charge in [0, 0.05) is 10.0 Å². The molecule has 0 fully saturated rings. The number of halogens is 3. The monoisotopic (exact) mass is 371 g/mol. The van der Waals surface area contributed by atoms with Crippen molar-refractivity contribution >= 4 is 27.5 Å². The number of aryl methyl sites for hydroxylation is 1.